The highest BCUT2D eigenvalue weighted by atomic mass is 19.1. The Labute approximate surface area is 189 Å². The summed E-state index contributed by atoms with van der Waals surface area (Å²) in [5, 5.41) is 9.46. The minimum Gasteiger partial charge on any atom is -0.359 e. The van der Waals surface area contributed by atoms with Crippen LogP contribution in [0.1, 0.15) is 36.9 Å². The quantitative estimate of drug-likeness (QED) is 0.466. The predicted octanol–water partition coefficient (Wildman–Crippen LogP) is 3.91. The van der Waals surface area contributed by atoms with Crippen molar-refractivity contribution < 1.29 is 13.7 Å². The molecular weight excluding hydrogens is 427 g/mol. The van der Waals surface area contributed by atoms with Gasteiger partial charge in [0.25, 0.3) is 5.91 Å². The molecule has 4 aromatic rings. The topological polar surface area (TPSA) is 122 Å². The van der Waals surface area contributed by atoms with Crippen molar-refractivity contribution in [2.75, 3.05) is 29.6 Å². The summed E-state index contributed by atoms with van der Waals surface area (Å²) in [6, 6.07) is 5.63. The van der Waals surface area contributed by atoms with E-state index in [1.807, 2.05) is 20.8 Å². The number of hydrogen-bond donors (Lipinski definition) is 2. The molecule has 1 aromatic carbocycles. The van der Waals surface area contributed by atoms with Crippen LogP contribution < -0.4 is 15.5 Å². The highest BCUT2D eigenvalue weighted by Crippen LogP contribution is 2.27. The minimum absolute atomic E-state index is 0.0585. The average Bonchev–Trinajstić information content (AvgIpc) is 3.24. The molecule has 0 fully saturated rings. The van der Waals surface area contributed by atoms with Crippen LogP contribution in [0.5, 0.6) is 0 Å². The molecule has 0 aliphatic heterocycles. The van der Waals surface area contributed by atoms with E-state index in [0.29, 0.717) is 22.7 Å². The number of benzene rings is 1. The van der Waals surface area contributed by atoms with Crippen LogP contribution in [-0.2, 0) is 5.41 Å². The van der Waals surface area contributed by atoms with Gasteiger partial charge in [-0.25, -0.2) is 24.3 Å². The van der Waals surface area contributed by atoms with Gasteiger partial charge in [-0.05, 0) is 18.2 Å². The van der Waals surface area contributed by atoms with Crippen molar-refractivity contribution in [2.24, 2.45) is 0 Å². The first-order valence-corrected chi connectivity index (χ1v) is 10.1. The third kappa shape index (κ3) is 4.71. The standard InChI is InChI=1S/C22H23FN8O2/c1-22(2,3)16-9-17(30-33-16)28-20(32)12-6-7-13(23)14(8-12)27-19-18-15(25-11-26-19)10-24-21(29-18)31(4)5/h6-11H,1-5H3,(H,25,26,27)(H,28,30,32). The lowest BCUT2D eigenvalue weighted by Gasteiger charge is -2.13. The van der Waals surface area contributed by atoms with Crippen LogP contribution in [0.2, 0.25) is 0 Å². The van der Waals surface area contributed by atoms with Gasteiger partial charge in [-0.2, -0.15) is 0 Å². The predicted molar refractivity (Wildman–Crippen MR) is 122 cm³/mol. The van der Waals surface area contributed by atoms with Crippen molar-refractivity contribution >= 4 is 40.2 Å². The van der Waals surface area contributed by atoms with Crippen LogP contribution in [-0.4, -0.2) is 45.1 Å². The van der Waals surface area contributed by atoms with Crippen molar-refractivity contribution in [2.45, 2.75) is 26.2 Å². The second kappa shape index (κ2) is 8.41. The number of aromatic nitrogens is 5. The van der Waals surface area contributed by atoms with E-state index in [0.717, 1.165) is 0 Å². The molecule has 11 heteroatoms. The molecule has 10 nitrogen and oxygen atoms in total. The van der Waals surface area contributed by atoms with Crippen molar-refractivity contribution in [3.8, 4) is 0 Å². The van der Waals surface area contributed by atoms with E-state index >= 15 is 0 Å². The molecule has 0 spiro atoms. The normalized spacial score (nSPS) is 11.5. The smallest absolute Gasteiger partial charge is 0.256 e. The Hall–Kier alpha value is -4.15. The van der Waals surface area contributed by atoms with Gasteiger partial charge in [0, 0.05) is 31.1 Å². The Balaban J connectivity index is 1.61. The number of rotatable bonds is 5. The zero-order valence-corrected chi connectivity index (χ0v) is 18.8. The van der Waals surface area contributed by atoms with Crippen molar-refractivity contribution in [3.05, 3.63) is 53.9 Å². The summed E-state index contributed by atoms with van der Waals surface area (Å²) in [4.78, 5) is 31.5. The van der Waals surface area contributed by atoms with Crippen LogP contribution in [0.15, 0.2) is 41.3 Å². The molecule has 3 heterocycles. The third-order valence-electron chi connectivity index (χ3n) is 4.74. The number of hydrogen-bond acceptors (Lipinski definition) is 9. The Morgan fingerprint density at radius 2 is 1.91 bits per heavy atom. The number of nitrogens with one attached hydrogen (secondary N) is 2. The second-order valence-electron chi connectivity index (χ2n) is 8.62. The molecule has 0 aliphatic carbocycles. The summed E-state index contributed by atoms with van der Waals surface area (Å²) >= 11 is 0. The number of fused-ring (bicyclic) bond motifs is 1. The molecular formula is C22H23FN8O2. The number of halogens is 1. The van der Waals surface area contributed by atoms with Gasteiger partial charge in [0.2, 0.25) is 5.95 Å². The Bertz CT molecular complexity index is 1330. The van der Waals surface area contributed by atoms with E-state index in [2.05, 4.69) is 35.7 Å². The van der Waals surface area contributed by atoms with Crippen LogP contribution in [0.3, 0.4) is 0 Å². The zero-order chi connectivity index (χ0) is 23.8. The molecule has 2 N–H and O–H groups in total. The Morgan fingerprint density at radius 3 is 2.61 bits per heavy atom. The Kier molecular flexibility index (Phi) is 5.62. The third-order valence-corrected chi connectivity index (χ3v) is 4.74. The average molecular weight is 450 g/mol. The van der Waals surface area contributed by atoms with E-state index in [4.69, 9.17) is 4.52 Å². The fourth-order valence-electron chi connectivity index (χ4n) is 2.92. The summed E-state index contributed by atoms with van der Waals surface area (Å²) in [5.41, 5.74) is 0.944. The fraction of sp³-hybridized carbons (Fsp3) is 0.273. The minimum atomic E-state index is -0.559. The molecule has 0 bridgehead atoms. The van der Waals surface area contributed by atoms with Gasteiger partial charge >= 0.3 is 0 Å². The van der Waals surface area contributed by atoms with Crippen molar-refractivity contribution in [3.63, 3.8) is 0 Å². The number of anilines is 4. The van der Waals surface area contributed by atoms with Gasteiger partial charge in [0.05, 0.1) is 11.9 Å². The molecule has 0 saturated heterocycles. The molecule has 4 rings (SSSR count). The maximum absolute atomic E-state index is 14.6. The van der Waals surface area contributed by atoms with Gasteiger partial charge in [0.15, 0.2) is 11.6 Å². The summed E-state index contributed by atoms with van der Waals surface area (Å²) in [5.74, 6) is 0.630. The lowest BCUT2D eigenvalue weighted by molar-refractivity contribution is 0.102. The van der Waals surface area contributed by atoms with Crippen LogP contribution in [0.4, 0.5) is 27.7 Å². The molecule has 0 aliphatic rings. The second-order valence-corrected chi connectivity index (χ2v) is 8.62. The van der Waals surface area contributed by atoms with Crippen LogP contribution >= 0.6 is 0 Å². The first kappa shape index (κ1) is 22.1. The van der Waals surface area contributed by atoms with Crippen molar-refractivity contribution in [1.82, 2.24) is 25.1 Å². The van der Waals surface area contributed by atoms with Gasteiger partial charge in [-0.1, -0.05) is 25.9 Å². The van der Waals surface area contributed by atoms with Gasteiger partial charge in [-0.15, -0.1) is 0 Å². The monoisotopic (exact) mass is 450 g/mol. The lowest BCUT2D eigenvalue weighted by atomic mass is 9.93. The van der Waals surface area contributed by atoms with Crippen LogP contribution in [0, 0.1) is 5.82 Å². The molecule has 0 atom stereocenters. The van der Waals surface area contributed by atoms with E-state index in [9.17, 15) is 9.18 Å². The van der Waals surface area contributed by atoms with E-state index in [-0.39, 0.29) is 28.3 Å². The summed E-state index contributed by atoms with van der Waals surface area (Å²) in [7, 11) is 3.61. The number of nitrogens with zero attached hydrogens (tertiary/aromatic N) is 6. The molecule has 1 amide bonds. The van der Waals surface area contributed by atoms with E-state index < -0.39 is 11.7 Å². The molecule has 3 aromatic heterocycles. The van der Waals surface area contributed by atoms with Gasteiger partial charge < -0.3 is 20.1 Å². The Morgan fingerprint density at radius 1 is 1.12 bits per heavy atom. The van der Waals surface area contributed by atoms with Crippen LogP contribution in [0.25, 0.3) is 11.0 Å². The summed E-state index contributed by atoms with van der Waals surface area (Å²) < 4.78 is 19.9. The maximum atomic E-state index is 14.6. The summed E-state index contributed by atoms with van der Waals surface area (Å²) in [6.45, 7) is 5.92. The molecule has 0 saturated carbocycles. The summed E-state index contributed by atoms with van der Waals surface area (Å²) in [6.07, 6.45) is 2.89. The first-order chi connectivity index (χ1) is 15.6. The molecule has 0 unspecified atom stereocenters. The molecule has 170 valence electrons. The number of carbonyl (C=O) groups is 1. The first-order valence-electron chi connectivity index (χ1n) is 10.1. The zero-order valence-electron chi connectivity index (χ0n) is 18.8. The molecule has 0 radical (unpaired) electrons. The van der Waals surface area contributed by atoms with Gasteiger partial charge in [-0.3, -0.25) is 4.79 Å². The van der Waals surface area contributed by atoms with E-state index in [1.54, 1.807) is 31.3 Å². The lowest BCUT2D eigenvalue weighted by Crippen LogP contribution is -2.14. The van der Waals surface area contributed by atoms with Gasteiger partial charge in [0.1, 0.15) is 28.9 Å². The largest absolute Gasteiger partial charge is 0.359 e. The SMILES string of the molecule is CN(C)c1ncc2ncnc(Nc3cc(C(=O)Nc4cc(C(C)(C)C)on4)ccc3F)c2n1. The van der Waals surface area contributed by atoms with E-state index in [1.165, 1.54) is 24.5 Å². The molecule has 33 heavy (non-hydrogen) atoms. The highest BCUT2D eigenvalue weighted by Gasteiger charge is 2.21. The fourth-order valence-corrected chi connectivity index (χ4v) is 2.92. The highest BCUT2D eigenvalue weighted by molar-refractivity contribution is 6.04. The number of carbonyl (C=O) groups excluding carboxylic acids is 1. The maximum Gasteiger partial charge on any atom is 0.256 e. The van der Waals surface area contributed by atoms with Crippen molar-refractivity contribution in [1.29, 1.82) is 0 Å². The number of amides is 1.